The molecule has 5 nitrogen and oxygen atoms in total. The molecule has 30 heavy (non-hydrogen) atoms. The number of methoxy groups -OCH3 is 1. The second-order valence-corrected chi connectivity index (χ2v) is 8.53. The number of carbonyl (C=O) groups excluding carboxylic acids is 1. The van der Waals surface area contributed by atoms with E-state index in [-0.39, 0.29) is 5.97 Å². The number of nitrogens with zero attached hydrogens (tertiary/aromatic N) is 2. The van der Waals surface area contributed by atoms with E-state index in [9.17, 15) is 4.79 Å². The van der Waals surface area contributed by atoms with Crippen LogP contribution in [0.2, 0.25) is 0 Å². The fourth-order valence-corrected chi connectivity index (χ4v) is 4.89. The number of esters is 1. The molecule has 1 fully saturated rings. The molecule has 2 aromatic carbocycles. The van der Waals surface area contributed by atoms with Crippen molar-refractivity contribution in [3.05, 3.63) is 59.0 Å². The molecule has 0 spiro atoms. The predicted octanol–water partition coefficient (Wildman–Crippen LogP) is 4.45. The van der Waals surface area contributed by atoms with Crippen molar-refractivity contribution in [1.82, 2.24) is 4.90 Å². The van der Waals surface area contributed by atoms with Gasteiger partial charge in [-0.3, -0.25) is 4.90 Å². The molecule has 0 aliphatic carbocycles. The van der Waals surface area contributed by atoms with Crippen LogP contribution in [0.4, 0.5) is 5.69 Å². The molecule has 0 saturated carbocycles. The van der Waals surface area contributed by atoms with Gasteiger partial charge in [-0.1, -0.05) is 18.2 Å². The third kappa shape index (κ3) is 4.60. The molecular weight excluding hydrogens is 396 g/mol. The summed E-state index contributed by atoms with van der Waals surface area (Å²) in [5.74, 6) is 0.675. The van der Waals surface area contributed by atoms with E-state index in [2.05, 4.69) is 40.1 Å². The molecule has 2 heterocycles. The van der Waals surface area contributed by atoms with Crippen molar-refractivity contribution in [3.63, 3.8) is 0 Å². The smallest absolute Gasteiger partial charge is 0.348 e. The van der Waals surface area contributed by atoms with Crippen LogP contribution in [0.25, 0.3) is 10.1 Å². The molecule has 1 aliphatic rings. The van der Waals surface area contributed by atoms with Crippen molar-refractivity contribution in [1.29, 1.82) is 0 Å². The maximum absolute atomic E-state index is 12.1. The fraction of sp³-hybridized carbons (Fsp3) is 0.375. The summed E-state index contributed by atoms with van der Waals surface area (Å²) >= 11 is 1.51. The molecule has 0 atom stereocenters. The largest absolute Gasteiger partial charge is 0.497 e. The Balaban J connectivity index is 1.37. The van der Waals surface area contributed by atoms with Gasteiger partial charge in [0.05, 0.1) is 13.7 Å². The van der Waals surface area contributed by atoms with Crippen LogP contribution >= 0.6 is 11.3 Å². The molecule has 0 radical (unpaired) electrons. The Bertz CT molecular complexity index is 991. The first-order chi connectivity index (χ1) is 14.7. The maximum Gasteiger partial charge on any atom is 0.348 e. The molecule has 3 aromatic rings. The minimum atomic E-state index is -0.229. The van der Waals surface area contributed by atoms with Gasteiger partial charge in [0.1, 0.15) is 10.6 Å². The van der Waals surface area contributed by atoms with Crippen LogP contribution < -0.4 is 9.64 Å². The first-order valence-corrected chi connectivity index (χ1v) is 11.3. The van der Waals surface area contributed by atoms with Crippen molar-refractivity contribution in [2.45, 2.75) is 13.3 Å². The van der Waals surface area contributed by atoms with Gasteiger partial charge in [-0.2, -0.15) is 0 Å². The van der Waals surface area contributed by atoms with Crippen molar-refractivity contribution >= 4 is 33.1 Å². The average Bonchev–Trinajstić information content (AvgIpc) is 3.23. The number of fused-ring (bicyclic) bond motifs is 1. The summed E-state index contributed by atoms with van der Waals surface area (Å²) in [5.41, 5.74) is 2.56. The molecule has 6 heteroatoms. The SMILES string of the molecule is CCOC(=O)c1cc2c(N3CCN(CCc4ccc(OC)cc4)CC3)cccc2s1. The highest BCUT2D eigenvalue weighted by atomic mass is 32.1. The number of benzene rings is 2. The lowest BCUT2D eigenvalue weighted by atomic mass is 10.1. The van der Waals surface area contributed by atoms with Gasteiger partial charge in [0, 0.05) is 48.5 Å². The van der Waals surface area contributed by atoms with Gasteiger partial charge >= 0.3 is 5.97 Å². The second kappa shape index (κ2) is 9.49. The van der Waals surface area contributed by atoms with Gasteiger partial charge in [-0.25, -0.2) is 4.79 Å². The molecule has 1 aliphatic heterocycles. The van der Waals surface area contributed by atoms with Gasteiger partial charge in [-0.05, 0) is 49.2 Å². The zero-order chi connectivity index (χ0) is 20.9. The highest BCUT2D eigenvalue weighted by molar-refractivity contribution is 7.20. The zero-order valence-corrected chi connectivity index (χ0v) is 18.4. The van der Waals surface area contributed by atoms with Crippen LogP contribution in [-0.2, 0) is 11.2 Å². The minimum absolute atomic E-state index is 0.229. The normalized spacial score (nSPS) is 14.8. The van der Waals surface area contributed by atoms with Crippen molar-refractivity contribution in [2.75, 3.05) is 51.3 Å². The quantitative estimate of drug-likeness (QED) is 0.524. The van der Waals surface area contributed by atoms with Crippen LogP contribution in [0.3, 0.4) is 0 Å². The van der Waals surface area contributed by atoms with Crippen LogP contribution in [0.1, 0.15) is 22.2 Å². The Labute approximate surface area is 181 Å². The Hall–Kier alpha value is -2.57. The number of carbonyl (C=O) groups is 1. The van der Waals surface area contributed by atoms with Gasteiger partial charge < -0.3 is 14.4 Å². The Morgan fingerprint density at radius 1 is 1.07 bits per heavy atom. The number of hydrogen-bond donors (Lipinski definition) is 0. The standard InChI is InChI=1S/C24H28N2O3S/c1-3-29-24(27)23-17-20-21(5-4-6-22(20)30-23)26-15-13-25(14-16-26)12-11-18-7-9-19(28-2)10-8-18/h4-10,17H,3,11-16H2,1-2H3. The highest BCUT2D eigenvalue weighted by Gasteiger charge is 2.20. The molecule has 0 unspecified atom stereocenters. The van der Waals surface area contributed by atoms with Gasteiger partial charge in [0.25, 0.3) is 0 Å². The number of ether oxygens (including phenoxy) is 2. The Kier molecular flexibility index (Phi) is 6.55. The van der Waals surface area contributed by atoms with Crippen LogP contribution in [0.15, 0.2) is 48.5 Å². The van der Waals surface area contributed by atoms with Crippen molar-refractivity contribution < 1.29 is 14.3 Å². The van der Waals surface area contributed by atoms with Crippen LogP contribution in [0, 0.1) is 0 Å². The summed E-state index contributed by atoms with van der Waals surface area (Å²) in [6.07, 6.45) is 1.05. The lowest BCUT2D eigenvalue weighted by Gasteiger charge is -2.36. The molecule has 1 saturated heterocycles. The van der Waals surface area contributed by atoms with Crippen LogP contribution in [-0.4, -0.2) is 57.3 Å². The summed E-state index contributed by atoms with van der Waals surface area (Å²) in [5, 5.41) is 1.15. The lowest BCUT2D eigenvalue weighted by Crippen LogP contribution is -2.47. The number of hydrogen-bond acceptors (Lipinski definition) is 6. The van der Waals surface area contributed by atoms with E-state index in [0.29, 0.717) is 11.5 Å². The van der Waals surface area contributed by atoms with Gasteiger partial charge in [0.2, 0.25) is 0 Å². The third-order valence-corrected chi connectivity index (χ3v) is 6.68. The van der Waals surface area contributed by atoms with E-state index in [4.69, 9.17) is 9.47 Å². The average molecular weight is 425 g/mol. The number of piperazine rings is 1. The first-order valence-electron chi connectivity index (χ1n) is 10.5. The van der Waals surface area contributed by atoms with E-state index >= 15 is 0 Å². The van der Waals surface area contributed by atoms with Gasteiger partial charge in [0.15, 0.2) is 0 Å². The highest BCUT2D eigenvalue weighted by Crippen LogP contribution is 2.34. The number of rotatable bonds is 7. The van der Waals surface area contributed by atoms with Crippen molar-refractivity contribution in [2.24, 2.45) is 0 Å². The van der Waals surface area contributed by atoms with E-state index < -0.39 is 0 Å². The zero-order valence-electron chi connectivity index (χ0n) is 17.6. The number of anilines is 1. The first kappa shape index (κ1) is 20.7. The molecule has 0 amide bonds. The van der Waals surface area contributed by atoms with Crippen LogP contribution in [0.5, 0.6) is 5.75 Å². The molecular formula is C24H28N2O3S. The topological polar surface area (TPSA) is 42.0 Å². The van der Waals surface area contributed by atoms with Crippen molar-refractivity contribution in [3.8, 4) is 5.75 Å². The number of thiophene rings is 1. The lowest BCUT2D eigenvalue weighted by molar-refractivity contribution is 0.0532. The summed E-state index contributed by atoms with van der Waals surface area (Å²) in [7, 11) is 1.70. The summed E-state index contributed by atoms with van der Waals surface area (Å²) < 4.78 is 11.5. The minimum Gasteiger partial charge on any atom is -0.497 e. The van der Waals surface area contributed by atoms with E-state index in [1.807, 2.05) is 25.1 Å². The Morgan fingerprint density at radius 2 is 1.83 bits per heavy atom. The maximum atomic E-state index is 12.1. The summed E-state index contributed by atoms with van der Waals surface area (Å²) in [4.78, 5) is 17.8. The molecule has 1 aromatic heterocycles. The Morgan fingerprint density at radius 3 is 2.53 bits per heavy atom. The fourth-order valence-electron chi connectivity index (χ4n) is 3.92. The third-order valence-electron chi connectivity index (χ3n) is 5.60. The van der Waals surface area contributed by atoms with E-state index in [1.165, 1.54) is 22.6 Å². The van der Waals surface area contributed by atoms with Gasteiger partial charge in [-0.15, -0.1) is 11.3 Å². The van der Waals surface area contributed by atoms with E-state index in [0.717, 1.165) is 55.0 Å². The van der Waals surface area contributed by atoms with E-state index in [1.54, 1.807) is 7.11 Å². The second-order valence-electron chi connectivity index (χ2n) is 7.45. The predicted molar refractivity (Wildman–Crippen MR) is 123 cm³/mol. The summed E-state index contributed by atoms with van der Waals surface area (Å²) in [6, 6.07) is 16.7. The molecule has 0 bridgehead atoms. The molecule has 4 rings (SSSR count). The molecule has 158 valence electrons. The summed E-state index contributed by atoms with van der Waals surface area (Å²) in [6.45, 7) is 7.38. The monoisotopic (exact) mass is 424 g/mol. The molecule has 0 N–H and O–H groups in total.